The number of halogens is 1. The summed E-state index contributed by atoms with van der Waals surface area (Å²) in [5.41, 5.74) is 7.87. The molecule has 5 nitrogen and oxygen atoms in total. The van der Waals surface area contributed by atoms with Crippen LogP contribution in [0.1, 0.15) is 11.1 Å². The van der Waals surface area contributed by atoms with Crippen LogP contribution in [0.4, 0.5) is 10.1 Å². The van der Waals surface area contributed by atoms with Gasteiger partial charge in [0, 0.05) is 10.9 Å². The van der Waals surface area contributed by atoms with Gasteiger partial charge in [0.2, 0.25) is 5.91 Å². The molecule has 1 aromatic heterocycles. The second-order valence-electron chi connectivity index (χ2n) is 5.54. The van der Waals surface area contributed by atoms with Crippen LogP contribution in [0.25, 0.3) is 11.0 Å². The molecule has 0 fully saturated rings. The Hall–Kier alpha value is -2.93. The zero-order valence-electron chi connectivity index (χ0n) is 13.4. The Kier molecular flexibility index (Phi) is 4.95. The van der Waals surface area contributed by atoms with Gasteiger partial charge in [0.25, 0.3) is 0 Å². The molecule has 3 aromatic rings. The van der Waals surface area contributed by atoms with Crippen LogP contribution in [0.3, 0.4) is 0 Å². The van der Waals surface area contributed by atoms with Crippen molar-refractivity contribution >= 4 is 39.9 Å². The zero-order valence-corrected chi connectivity index (χ0v) is 14.2. The van der Waals surface area contributed by atoms with Crippen molar-refractivity contribution in [1.29, 1.82) is 0 Å². The number of benzene rings is 2. The molecule has 0 saturated carbocycles. The lowest BCUT2D eigenvalue weighted by atomic mass is 10.1. The lowest BCUT2D eigenvalue weighted by Crippen LogP contribution is -2.44. The van der Waals surface area contributed by atoms with Crippen molar-refractivity contribution in [3.05, 3.63) is 65.7 Å². The first-order valence-electron chi connectivity index (χ1n) is 7.60. The van der Waals surface area contributed by atoms with Gasteiger partial charge in [-0.2, -0.15) is 0 Å². The number of aryl methyl sites for hydroxylation is 1. The van der Waals surface area contributed by atoms with Crippen LogP contribution in [0.2, 0.25) is 0 Å². The number of furan rings is 1. The van der Waals surface area contributed by atoms with Gasteiger partial charge < -0.3 is 9.73 Å². The highest BCUT2D eigenvalue weighted by Gasteiger charge is 2.11. The number of rotatable bonds is 3. The van der Waals surface area contributed by atoms with Gasteiger partial charge in [-0.3, -0.25) is 15.6 Å². The van der Waals surface area contributed by atoms with Gasteiger partial charge >= 0.3 is 0 Å². The maximum atomic E-state index is 13.5. The monoisotopic (exact) mass is 357 g/mol. The number of carbonyl (C=O) groups excluding carboxylic acids is 1. The molecule has 0 aliphatic heterocycles. The fourth-order valence-corrected chi connectivity index (χ4v) is 2.55. The largest absolute Gasteiger partial charge is 0.464 e. The molecule has 0 saturated heterocycles. The number of carbonyl (C=O) groups is 1. The van der Waals surface area contributed by atoms with Gasteiger partial charge in [-0.1, -0.05) is 24.3 Å². The molecule has 25 heavy (non-hydrogen) atoms. The number of hydrogen-bond donors (Lipinski definition) is 3. The highest BCUT2D eigenvalue weighted by molar-refractivity contribution is 7.80. The standard InChI is InChI=1S/C18H16FN3O2S/c1-11-6-7-13-12(10-24-16(13)8-11)9-17(23)21-22-18(25)20-15-5-3-2-4-14(15)19/h2-8,10H,9H2,1H3,(H,21,23)(H2,20,22,25). The number of hydrogen-bond acceptors (Lipinski definition) is 3. The molecule has 1 heterocycles. The van der Waals surface area contributed by atoms with Crippen LogP contribution in [0, 0.1) is 12.7 Å². The van der Waals surface area contributed by atoms with Crippen LogP contribution in [-0.4, -0.2) is 11.0 Å². The highest BCUT2D eigenvalue weighted by Crippen LogP contribution is 2.22. The first-order chi connectivity index (χ1) is 12.0. The average molecular weight is 357 g/mol. The number of anilines is 1. The molecule has 0 spiro atoms. The van der Waals surface area contributed by atoms with Gasteiger partial charge in [-0.05, 0) is 42.9 Å². The van der Waals surface area contributed by atoms with E-state index < -0.39 is 5.82 Å². The molecule has 3 rings (SSSR count). The Morgan fingerprint density at radius 3 is 2.80 bits per heavy atom. The number of thiocarbonyl (C=S) groups is 1. The van der Waals surface area contributed by atoms with Crippen molar-refractivity contribution in [3.63, 3.8) is 0 Å². The molecule has 7 heteroatoms. The summed E-state index contributed by atoms with van der Waals surface area (Å²) in [6, 6.07) is 11.9. The summed E-state index contributed by atoms with van der Waals surface area (Å²) in [6.07, 6.45) is 1.70. The molecule has 0 aliphatic carbocycles. The third-order valence-electron chi connectivity index (χ3n) is 3.60. The molecule has 3 N–H and O–H groups in total. The predicted octanol–water partition coefficient (Wildman–Crippen LogP) is 3.44. The third-order valence-corrected chi connectivity index (χ3v) is 3.80. The van der Waals surface area contributed by atoms with E-state index in [1.54, 1.807) is 24.5 Å². The van der Waals surface area contributed by atoms with Crippen LogP contribution >= 0.6 is 12.2 Å². The number of hydrazine groups is 1. The van der Waals surface area contributed by atoms with E-state index in [0.29, 0.717) is 0 Å². The van der Waals surface area contributed by atoms with E-state index in [1.165, 1.54) is 6.07 Å². The fraction of sp³-hybridized carbons (Fsp3) is 0.111. The van der Waals surface area contributed by atoms with Gasteiger partial charge in [0.15, 0.2) is 5.11 Å². The Labute approximate surface area is 149 Å². The average Bonchev–Trinajstić information content (AvgIpc) is 2.97. The summed E-state index contributed by atoms with van der Waals surface area (Å²) < 4.78 is 19.0. The Morgan fingerprint density at radius 2 is 2.00 bits per heavy atom. The smallest absolute Gasteiger partial charge is 0.242 e. The van der Waals surface area contributed by atoms with E-state index >= 15 is 0 Å². The third kappa shape index (κ3) is 4.13. The Bertz CT molecular complexity index is 939. The van der Waals surface area contributed by atoms with E-state index in [-0.39, 0.29) is 23.1 Å². The number of para-hydroxylation sites is 1. The van der Waals surface area contributed by atoms with Crippen LogP contribution in [0.5, 0.6) is 0 Å². The second kappa shape index (κ2) is 7.31. The summed E-state index contributed by atoms with van der Waals surface area (Å²) in [7, 11) is 0. The highest BCUT2D eigenvalue weighted by atomic mass is 32.1. The molecular weight excluding hydrogens is 341 g/mol. The molecule has 1 amide bonds. The van der Waals surface area contributed by atoms with Crippen LogP contribution in [0.15, 0.2) is 53.1 Å². The van der Waals surface area contributed by atoms with Gasteiger partial charge in [0.1, 0.15) is 11.4 Å². The minimum absolute atomic E-state index is 0.0890. The number of nitrogens with one attached hydrogen (secondary N) is 3. The zero-order chi connectivity index (χ0) is 17.8. The van der Waals surface area contributed by atoms with Gasteiger partial charge in [-0.25, -0.2) is 4.39 Å². The van der Waals surface area contributed by atoms with Crippen LogP contribution in [-0.2, 0) is 11.2 Å². The van der Waals surface area contributed by atoms with Crippen molar-refractivity contribution in [2.45, 2.75) is 13.3 Å². The van der Waals surface area contributed by atoms with Crippen LogP contribution < -0.4 is 16.2 Å². The summed E-state index contributed by atoms with van der Waals surface area (Å²) >= 11 is 5.03. The van der Waals surface area contributed by atoms with E-state index in [2.05, 4.69) is 16.2 Å². The second-order valence-corrected chi connectivity index (χ2v) is 5.95. The Morgan fingerprint density at radius 1 is 1.20 bits per heavy atom. The molecule has 128 valence electrons. The maximum Gasteiger partial charge on any atom is 0.242 e. The number of amides is 1. The Balaban J connectivity index is 1.55. The van der Waals surface area contributed by atoms with Gasteiger partial charge in [0.05, 0.1) is 18.4 Å². The normalized spacial score (nSPS) is 10.5. The maximum absolute atomic E-state index is 13.5. The topological polar surface area (TPSA) is 66.3 Å². The minimum atomic E-state index is -0.432. The van der Waals surface area contributed by atoms with E-state index in [0.717, 1.165) is 22.1 Å². The van der Waals surface area contributed by atoms with Crippen molar-refractivity contribution in [2.75, 3.05) is 5.32 Å². The molecular formula is C18H16FN3O2S. The summed E-state index contributed by atoms with van der Waals surface area (Å²) in [6.45, 7) is 1.97. The van der Waals surface area contributed by atoms with Crippen molar-refractivity contribution in [1.82, 2.24) is 10.9 Å². The lowest BCUT2D eigenvalue weighted by Gasteiger charge is -2.11. The first-order valence-corrected chi connectivity index (χ1v) is 8.01. The number of fused-ring (bicyclic) bond motifs is 1. The minimum Gasteiger partial charge on any atom is -0.464 e. The van der Waals surface area contributed by atoms with Crippen molar-refractivity contribution < 1.29 is 13.6 Å². The lowest BCUT2D eigenvalue weighted by molar-refractivity contribution is -0.120. The molecule has 0 radical (unpaired) electrons. The molecule has 0 unspecified atom stereocenters. The predicted molar refractivity (Wildman–Crippen MR) is 98.6 cm³/mol. The van der Waals surface area contributed by atoms with E-state index in [1.807, 2.05) is 25.1 Å². The first kappa shape index (κ1) is 16.9. The summed E-state index contributed by atoms with van der Waals surface area (Å²) in [5.74, 6) is -0.723. The molecule has 2 aromatic carbocycles. The summed E-state index contributed by atoms with van der Waals surface area (Å²) in [4.78, 5) is 12.1. The molecule has 0 bridgehead atoms. The quantitative estimate of drug-likeness (QED) is 0.495. The van der Waals surface area contributed by atoms with E-state index in [9.17, 15) is 9.18 Å². The van der Waals surface area contributed by atoms with Gasteiger partial charge in [-0.15, -0.1) is 0 Å². The SMILES string of the molecule is Cc1ccc2c(CC(=O)NNC(=S)Nc3ccccc3F)coc2c1. The summed E-state index contributed by atoms with van der Waals surface area (Å²) in [5, 5.41) is 3.66. The molecule has 0 atom stereocenters. The fourth-order valence-electron chi connectivity index (χ4n) is 2.39. The van der Waals surface area contributed by atoms with Crippen molar-refractivity contribution in [3.8, 4) is 0 Å². The van der Waals surface area contributed by atoms with Crippen molar-refractivity contribution in [2.24, 2.45) is 0 Å². The van der Waals surface area contributed by atoms with E-state index in [4.69, 9.17) is 16.6 Å². The molecule has 0 aliphatic rings.